The molecule has 1 fully saturated rings. The summed E-state index contributed by atoms with van der Waals surface area (Å²) in [6.45, 7) is 5.45. The highest BCUT2D eigenvalue weighted by atomic mass is 16.5. The molecule has 1 heterocycles. The van der Waals surface area contributed by atoms with E-state index in [0.29, 0.717) is 0 Å². The van der Waals surface area contributed by atoms with Gasteiger partial charge in [-0.05, 0) is 13.8 Å². The molecule has 0 saturated carbocycles. The Balaban J connectivity index is 2.49. The van der Waals surface area contributed by atoms with Crippen LogP contribution in [0.15, 0.2) is 0 Å². The summed E-state index contributed by atoms with van der Waals surface area (Å²) in [6, 6.07) is 0. The van der Waals surface area contributed by atoms with Crippen molar-refractivity contribution >= 4 is 5.96 Å². The van der Waals surface area contributed by atoms with Crippen LogP contribution in [-0.2, 0) is 4.74 Å². The molecule has 1 aliphatic heterocycles. The fraction of sp³-hybridized carbons (Fsp3) is 0.857. The fourth-order valence-corrected chi connectivity index (χ4v) is 1.37. The molecule has 4 heteroatoms. The van der Waals surface area contributed by atoms with Gasteiger partial charge in [0.1, 0.15) is 12.2 Å². The molecule has 4 nitrogen and oxygen atoms in total. The van der Waals surface area contributed by atoms with Crippen molar-refractivity contribution in [3.8, 4) is 0 Å². The first-order valence-electron chi connectivity index (χ1n) is 3.84. The van der Waals surface area contributed by atoms with E-state index in [-0.39, 0.29) is 18.2 Å². The Hall–Kier alpha value is -0.610. The fourth-order valence-electron chi connectivity index (χ4n) is 1.37. The maximum atomic E-state index is 7.22. The van der Waals surface area contributed by atoms with E-state index in [1.807, 2.05) is 18.7 Å². The van der Waals surface area contributed by atoms with Crippen LogP contribution in [0.5, 0.6) is 0 Å². The van der Waals surface area contributed by atoms with Gasteiger partial charge in [-0.1, -0.05) is 4.90 Å². The van der Waals surface area contributed by atoms with Crippen LogP contribution in [0.3, 0.4) is 0 Å². The van der Waals surface area contributed by atoms with Crippen molar-refractivity contribution in [3.63, 3.8) is 0 Å². The minimum atomic E-state index is 0.145. The van der Waals surface area contributed by atoms with Gasteiger partial charge in [0.15, 0.2) is 13.1 Å². The largest absolute Gasteiger partial charge is 0.363 e. The quantitative estimate of drug-likeness (QED) is 0.291. The average molecular weight is 157 g/mol. The van der Waals surface area contributed by atoms with Crippen molar-refractivity contribution in [1.29, 1.82) is 5.41 Å². The van der Waals surface area contributed by atoms with Gasteiger partial charge < -0.3 is 10.5 Å². The molecule has 11 heavy (non-hydrogen) atoms. The van der Waals surface area contributed by atoms with Crippen LogP contribution in [0.4, 0.5) is 0 Å². The number of hydrogen-bond acceptors (Lipinski definition) is 2. The maximum Gasteiger partial charge on any atom is 0.341 e. The van der Waals surface area contributed by atoms with Crippen molar-refractivity contribution in [3.05, 3.63) is 0 Å². The number of guanidine groups is 1. The number of nitrogens with two attached hydrogens (primary N) is 1. The van der Waals surface area contributed by atoms with Crippen LogP contribution in [0, 0.1) is 5.41 Å². The molecule has 0 aromatic heterocycles. The molecule has 2 unspecified atom stereocenters. The standard InChI is InChI=1S/C7H15N3O/c1-5-3-10(7(8)9)4-6(2)11-5/h5-6H,3-4H2,1-2H3,(H3,8,9)/q+1. The van der Waals surface area contributed by atoms with Gasteiger partial charge in [-0.3, -0.25) is 0 Å². The number of ether oxygens (including phenoxy) is 1. The van der Waals surface area contributed by atoms with Crippen LogP contribution in [0.1, 0.15) is 13.8 Å². The Morgan fingerprint density at radius 1 is 1.45 bits per heavy atom. The molecule has 0 bridgehead atoms. The van der Waals surface area contributed by atoms with E-state index in [1.54, 1.807) is 0 Å². The summed E-state index contributed by atoms with van der Waals surface area (Å²) < 4.78 is 5.47. The number of hydrogen-bond donors (Lipinski definition) is 2. The summed E-state index contributed by atoms with van der Waals surface area (Å²) in [5.41, 5.74) is 5.35. The second kappa shape index (κ2) is 3.19. The van der Waals surface area contributed by atoms with Gasteiger partial charge in [-0.15, -0.1) is 0 Å². The highest BCUT2D eigenvalue weighted by Gasteiger charge is 2.32. The van der Waals surface area contributed by atoms with E-state index in [4.69, 9.17) is 15.9 Å². The van der Waals surface area contributed by atoms with Crippen molar-refractivity contribution in [2.75, 3.05) is 13.1 Å². The molecular weight excluding hydrogens is 142 g/mol. The SMILES string of the molecule is CC1C[N+](C(=N)N)CC(C)O1. The molecule has 0 aromatic rings. The van der Waals surface area contributed by atoms with E-state index < -0.39 is 0 Å². The van der Waals surface area contributed by atoms with E-state index in [2.05, 4.69) is 0 Å². The Morgan fingerprint density at radius 2 is 1.91 bits per heavy atom. The van der Waals surface area contributed by atoms with Crippen molar-refractivity contribution < 1.29 is 4.74 Å². The summed E-state index contributed by atoms with van der Waals surface area (Å²) in [4.78, 5) is 1.83. The third kappa shape index (κ3) is 2.17. The lowest BCUT2D eigenvalue weighted by Gasteiger charge is -2.25. The van der Waals surface area contributed by atoms with Crippen molar-refractivity contribution in [2.45, 2.75) is 26.1 Å². The van der Waals surface area contributed by atoms with Gasteiger partial charge in [0.2, 0.25) is 0 Å². The Kier molecular flexibility index (Phi) is 2.46. The molecule has 1 rings (SSSR count). The van der Waals surface area contributed by atoms with Gasteiger partial charge in [0.25, 0.3) is 0 Å². The Morgan fingerprint density at radius 3 is 2.27 bits per heavy atom. The molecule has 63 valence electrons. The summed E-state index contributed by atoms with van der Waals surface area (Å²) >= 11 is 0. The molecule has 0 spiro atoms. The van der Waals surface area contributed by atoms with Gasteiger partial charge >= 0.3 is 5.96 Å². The van der Waals surface area contributed by atoms with Crippen molar-refractivity contribution in [1.82, 2.24) is 4.90 Å². The molecule has 2 atom stereocenters. The van der Waals surface area contributed by atoms with Gasteiger partial charge in [-0.2, -0.15) is 0 Å². The smallest absolute Gasteiger partial charge is 0.341 e. The topological polar surface area (TPSA) is 65.0 Å². The minimum absolute atomic E-state index is 0.145. The molecule has 0 amide bonds. The number of morpholine rings is 1. The van der Waals surface area contributed by atoms with E-state index in [0.717, 1.165) is 13.1 Å². The zero-order valence-electron chi connectivity index (χ0n) is 7.00. The number of nitrogens with one attached hydrogen (secondary N) is 1. The molecule has 1 saturated heterocycles. The van der Waals surface area contributed by atoms with Crippen molar-refractivity contribution in [2.24, 2.45) is 5.73 Å². The molecule has 0 aromatic carbocycles. The number of rotatable bonds is 0. The average Bonchev–Trinajstić information content (AvgIpc) is 1.85. The Bertz CT molecular complexity index is 150. The third-order valence-electron chi connectivity index (χ3n) is 1.76. The van der Waals surface area contributed by atoms with Crippen LogP contribution < -0.4 is 10.6 Å². The second-order valence-corrected chi connectivity index (χ2v) is 3.05. The highest BCUT2D eigenvalue weighted by Crippen LogP contribution is 2.06. The lowest BCUT2D eigenvalue weighted by Crippen LogP contribution is -2.54. The summed E-state index contributed by atoms with van der Waals surface area (Å²) in [5.74, 6) is 0.145. The molecule has 0 aliphatic carbocycles. The molecule has 3 N–H and O–H groups in total. The minimum Gasteiger partial charge on any atom is -0.363 e. The maximum absolute atomic E-state index is 7.22. The summed E-state index contributed by atoms with van der Waals surface area (Å²) in [5, 5.41) is 7.22. The van der Waals surface area contributed by atoms with E-state index in [1.165, 1.54) is 0 Å². The van der Waals surface area contributed by atoms with Crippen LogP contribution in [-0.4, -0.2) is 31.3 Å². The predicted molar refractivity (Wildman–Crippen MR) is 43.8 cm³/mol. The first-order valence-corrected chi connectivity index (χ1v) is 3.84. The predicted octanol–water partition coefficient (Wildman–Crippen LogP) is -0.173. The van der Waals surface area contributed by atoms with E-state index >= 15 is 0 Å². The lowest BCUT2D eigenvalue weighted by molar-refractivity contribution is -0.0287. The molecule has 1 radical (unpaired) electrons. The first-order chi connectivity index (χ1) is 5.09. The molecular formula is C7H15N3O+. The summed E-state index contributed by atoms with van der Waals surface area (Å²) in [6.07, 6.45) is 0.366. The second-order valence-electron chi connectivity index (χ2n) is 3.05. The lowest BCUT2D eigenvalue weighted by atomic mass is 10.2. The number of nitrogens with zero attached hydrogens (tertiary/aromatic N) is 1. The molecule has 1 aliphatic rings. The monoisotopic (exact) mass is 157 g/mol. The zero-order valence-corrected chi connectivity index (χ0v) is 7.00. The van der Waals surface area contributed by atoms with Gasteiger partial charge in [0, 0.05) is 0 Å². The van der Waals surface area contributed by atoms with E-state index in [9.17, 15) is 0 Å². The zero-order chi connectivity index (χ0) is 8.43. The summed E-state index contributed by atoms with van der Waals surface area (Å²) in [7, 11) is 0. The third-order valence-corrected chi connectivity index (χ3v) is 1.76. The Labute approximate surface area is 66.8 Å². The van der Waals surface area contributed by atoms with Crippen LogP contribution >= 0.6 is 0 Å². The first kappa shape index (κ1) is 8.49. The van der Waals surface area contributed by atoms with Crippen LogP contribution in [0.25, 0.3) is 0 Å². The highest BCUT2D eigenvalue weighted by molar-refractivity contribution is 5.77. The van der Waals surface area contributed by atoms with Gasteiger partial charge in [0.05, 0.1) is 0 Å². The van der Waals surface area contributed by atoms with Crippen LogP contribution in [0.2, 0.25) is 0 Å². The normalized spacial score (nSPS) is 33.6. The van der Waals surface area contributed by atoms with Gasteiger partial charge in [-0.25, -0.2) is 5.41 Å².